The van der Waals surface area contributed by atoms with Crippen molar-refractivity contribution in [3.63, 3.8) is 0 Å². The molecular formula is C48H92O6. The average molecular weight is 765 g/mol. The first kappa shape index (κ1) is 52.4. The van der Waals surface area contributed by atoms with Crippen LogP contribution in [0.1, 0.15) is 265 Å². The van der Waals surface area contributed by atoms with Crippen LogP contribution in [0.5, 0.6) is 0 Å². The summed E-state index contributed by atoms with van der Waals surface area (Å²) in [5.41, 5.74) is 0. The molecular weight excluding hydrogens is 673 g/mol. The van der Waals surface area contributed by atoms with Crippen LogP contribution >= 0.6 is 0 Å². The van der Waals surface area contributed by atoms with Crippen LogP contribution in [0.3, 0.4) is 0 Å². The van der Waals surface area contributed by atoms with E-state index in [-0.39, 0.29) is 31.1 Å². The molecule has 0 rings (SSSR count). The fraction of sp³-hybridized carbons (Fsp3) is 0.938. The highest BCUT2D eigenvalue weighted by molar-refractivity contribution is 5.71. The van der Waals surface area contributed by atoms with Crippen molar-refractivity contribution in [2.45, 2.75) is 271 Å². The number of hydrogen-bond acceptors (Lipinski definition) is 6. The Hall–Kier alpha value is -1.59. The molecule has 0 bridgehead atoms. The van der Waals surface area contributed by atoms with Gasteiger partial charge in [-0.15, -0.1) is 0 Å². The molecule has 54 heavy (non-hydrogen) atoms. The van der Waals surface area contributed by atoms with E-state index in [1.807, 2.05) is 0 Å². The minimum absolute atomic E-state index is 0.0653. The molecule has 2 atom stereocenters. The summed E-state index contributed by atoms with van der Waals surface area (Å²) in [6.45, 7) is 8.93. The molecule has 0 fully saturated rings. The van der Waals surface area contributed by atoms with E-state index in [1.165, 1.54) is 154 Å². The molecule has 0 saturated heterocycles. The number of ether oxygens (including phenoxy) is 3. The van der Waals surface area contributed by atoms with Crippen LogP contribution in [-0.4, -0.2) is 37.2 Å². The van der Waals surface area contributed by atoms with Gasteiger partial charge in [-0.05, 0) is 25.2 Å². The third kappa shape index (κ3) is 40.1. The molecule has 0 heterocycles. The van der Waals surface area contributed by atoms with Crippen molar-refractivity contribution < 1.29 is 28.6 Å². The van der Waals surface area contributed by atoms with Crippen LogP contribution in [0.4, 0.5) is 0 Å². The second-order valence-electron chi connectivity index (χ2n) is 16.6. The maximum atomic E-state index is 12.5. The number of rotatable bonds is 43. The van der Waals surface area contributed by atoms with Crippen LogP contribution < -0.4 is 0 Å². The zero-order chi connectivity index (χ0) is 39.6. The first-order chi connectivity index (χ1) is 26.4. The van der Waals surface area contributed by atoms with Gasteiger partial charge in [0, 0.05) is 19.3 Å². The summed E-state index contributed by atoms with van der Waals surface area (Å²) in [6, 6.07) is 0. The highest BCUT2D eigenvalue weighted by Gasteiger charge is 2.19. The summed E-state index contributed by atoms with van der Waals surface area (Å²) < 4.78 is 16.6. The SMILES string of the molecule is CCCCCCCCCCCCCCCCCCCCCC(=O)OC[C@@H](COC(=O)CCCCCCCCCCC(C)CC)OC(=O)CCCCCCC. The smallest absolute Gasteiger partial charge is 0.306 e. The minimum Gasteiger partial charge on any atom is -0.462 e. The zero-order valence-electron chi connectivity index (χ0n) is 36.7. The van der Waals surface area contributed by atoms with E-state index >= 15 is 0 Å². The first-order valence-corrected chi connectivity index (χ1v) is 23.9. The molecule has 0 aromatic rings. The maximum Gasteiger partial charge on any atom is 0.306 e. The lowest BCUT2D eigenvalue weighted by Crippen LogP contribution is -2.30. The van der Waals surface area contributed by atoms with Crippen molar-refractivity contribution in [2.24, 2.45) is 5.92 Å². The highest BCUT2D eigenvalue weighted by Crippen LogP contribution is 2.17. The predicted molar refractivity (Wildman–Crippen MR) is 229 cm³/mol. The molecule has 6 nitrogen and oxygen atoms in total. The molecule has 0 aromatic carbocycles. The number of unbranched alkanes of at least 4 members (excludes halogenated alkanes) is 29. The second kappa shape index (κ2) is 42.6. The summed E-state index contributed by atoms with van der Waals surface area (Å²) in [5, 5.41) is 0. The molecule has 0 spiro atoms. The fourth-order valence-corrected chi connectivity index (χ4v) is 7.12. The van der Waals surface area contributed by atoms with Crippen molar-refractivity contribution in [1.82, 2.24) is 0 Å². The van der Waals surface area contributed by atoms with Gasteiger partial charge in [0.1, 0.15) is 13.2 Å². The summed E-state index contributed by atoms with van der Waals surface area (Å²) in [6.07, 6.45) is 42.7. The highest BCUT2D eigenvalue weighted by atomic mass is 16.6. The van der Waals surface area contributed by atoms with Crippen LogP contribution in [0, 0.1) is 5.92 Å². The van der Waals surface area contributed by atoms with Gasteiger partial charge >= 0.3 is 17.9 Å². The molecule has 1 unspecified atom stereocenters. The van der Waals surface area contributed by atoms with Gasteiger partial charge < -0.3 is 14.2 Å². The summed E-state index contributed by atoms with van der Waals surface area (Å²) in [4.78, 5) is 37.5. The van der Waals surface area contributed by atoms with Gasteiger partial charge in [-0.25, -0.2) is 0 Å². The van der Waals surface area contributed by atoms with Crippen molar-refractivity contribution in [2.75, 3.05) is 13.2 Å². The minimum atomic E-state index is -0.758. The Morgan fingerprint density at radius 2 is 0.648 bits per heavy atom. The van der Waals surface area contributed by atoms with Crippen molar-refractivity contribution >= 4 is 17.9 Å². The number of carbonyl (C=O) groups is 3. The van der Waals surface area contributed by atoms with E-state index in [0.717, 1.165) is 70.1 Å². The molecule has 0 saturated carbocycles. The second-order valence-corrected chi connectivity index (χ2v) is 16.6. The van der Waals surface area contributed by atoms with E-state index < -0.39 is 6.10 Å². The van der Waals surface area contributed by atoms with Gasteiger partial charge in [0.15, 0.2) is 6.10 Å². The average Bonchev–Trinajstić information content (AvgIpc) is 3.17. The lowest BCUT2D eigenvalue weighted by atomic mass is 9.99. The Balaban J connectivity index is 4.07. The molecule has 0 N–H and O–H groups in total. The Morgan fingerprint density at radius 3 is 0.963 bits per heavy atom. The van der Waals surface area contributed by atoms with Gasteiger partial charge in [0.2, 0.25) is 0 Å². The molecule has 6 heteroatoms. The van der Waals surface area contributed by atoms with E-state index in [1.54, 1.807) is 0 Å². The molecule has 0 aliphatic rings. The van der Waals surface area contributed by atoms with Gasteiger partial charge in [-0.1, -0.05) is 227 Å². The molecule has 320 valence electrons. The Labute approximate surface area is 336 Å². The molecule has 0 aliphatic heterocycles. The molecule has 0 radical (unpaired) electrons. The lowest BCUT2D eigenvalue weighted by Gasteiger charge is -2.18. The number of hydrogen-bond donors (Lipinski definition) is 0. The Bertz CT molecular complexity index is 813. The van der Waals surface area contributed by atoms with Gasteiger partial charge in [0.05, 0.1) is 0 Å². The van der Waals surface area contributed by atoms with Crippen LogP contribution in [0.2, 0.25) is 0 Å². The van der Waals surface area contributed by atoms with Crippen molar-refractivity contribution in [1.29, 1.82) is 0 Å². The quantitative estimate of drug-likeness (QED) is 0.0349. The largest absolute Gasteiger partial charge is 0.462 e. The van der Waals surface area contributed by atoms with Crippen LogP contribution in [-0.2, 0) is 28.6 Å². The first-order valence-electron chi connectivity index (χ1n) is 23.9. The predicted octanol–water partition coefficient (Wildman–Crippen LogP) is 15.1. The Kier molecular flexibility index (Phi) is 41.3. The fourth-order valence-electron chi connectivity index (χ4n) is 7.12. The third-order valence-corrected chi connectivity index (χ3v) is 11.2. The van der Waals surface area contributed by atoms with Gasteiger partial charge in [0.25, 0.3) is 0 Å². The molecule has 0 aromatic heterocycles. The number of esters is 3. The normalized spacial score (nSPS) is 12.4. The summed E-state index contributed by atoms with van der Waals surface area (Å²) in [5.74, 6) is -0.0201. The number of carbonyl (C=O) groups excluding carboxylic acids is 3. The van der Waals surface area contributed by atoms with E-state index in [9.17, 15) is 14.4 Å². The topological polar surface area (TPSA) is 78.9 Å². The van der Waals surface area contributed by atoms with E-state index in [0.29, 0.717) is 19.3 Å². The zero-order valence-corrected chi connectivity index (χ0v) is 36.7. The van der Waals surface area contributed by atoms with Crippen LogP contribution in [0.25, 0.3) is 0 Å². The molecule has 0 amide bonds. The lowest BCUT2D eigenvalue weighted by molar-refractivity contribution is -0.167. The maximum absolute atomic E-state index is 12.5. The monoisotopic (exact) mass is 765 g/mol. The van der Waals surface area contributed by atoms with Gasteiger partial charge in [-0.2, -0.15) is 0 Å². The van der Waals surface area contributed by atoms with Crippen molar-refractivity contribution in [3.8, 4) is 0 Å². The van der Waals surface area contributed by atoms with E-state index in [2.05, 4.69) is 27.7 Å². The van der Waals surface area contributed by atoms with E-state index in [4.69, 9.17) is 14.2 Å². The van der Waals surface area contributed by atoms with Crippen LogP contribution in [0.15, 0.2) is 0 Å². The molecule has 0 aliphatic carbocycles. The van der Waals surface area contributed by atoms with Gasteiger partial charge in [-0.3, -0.25) is 14.4 Å². The third-order valence-electron chi connectivity index (χ3n) is 11.2. The standard InChI is InChI=1S/C48H92O6/c1-5-8-10-12-13-14-15-16-17-18-19-20-21-22-23-24-28-32-35-39-46(49)52-42-45(54-48(51)41-37-30-11-9-6-2)43-53-47(50)40-36-33-29-26-25-27-31-34-38-44(4)7-3/h44-45H,5-43H2,1-4H3/t44?,45-/m0/s1. The Morgan fingerprint density at radius 1 is 0.370 bits per heavy atom. The van der Waals surface area contributed by atoms with Crippen molar-refractivity contribution in [3.05, 3.63) is 0 Å². The summed E-state index contributed by atoms with van der Waals surface area (Å²) in [7, 11) is 0. The summed E-state index contributed by atoms with van der Waals surface area (Å²) >= 11 is 0.